The highest BCUT2D eigenvalue weighted by molar-refractivity contribution is 5.94. The molecule has 0 fully saturated rings. The van der Waals surface area contributed by atoms with Crippen molar-refractivity contribution < 1.29 is 28.5 Å². The maximum absolute atomic E-state index is 12.0. The van der Waals surface area contributed by atoms with Crippen LogP contribution < -0.4 is 15.4 Å². The lowest BCUT2D eigenvalue weighted by Crippen LogP contribution is -2.27. The fraction of sp³-hybridized carbons (Fsp3) is 0.529. The fourth-order valence-electron chi connectivity index (χ4n) is 1.80. The topological polar surface area (TPSA) is 95.1 Å². The highest BCUT2D eigenvalue weighted by Crippen LogP contribution is 2.11. The molecular formula is C17H26N2O6. The van der Waals surface area contributed by atoms with Crippen molar-refractivity contribution in [2.24, 2.45) is 0 Å². The first-order chi connectivity index (χ1) is 12.3. The van der Waals surface area contributed by atoms with E-state index in [1.165, 1.54) is 0 Å². The van der Waals surface area contributed by atoms with Crippen LogP contribution in [0.1, 0.15) is 10.4 Å². The number of carbonyl (C=O) groups excluding carboxylic acids is 2. The largest absolute Gasteiger partial charge is 0.491 e. The van der Waals surface area contributed by atoms with Crippen LogP contribution in [0.2, 0.25) is 0 Å². The van der Waals surface area contributed by atoms with E-state index in [4.69, 9.17) is 18.9 Å². The van der Waals surface area contributed by atoms with Gasteiger partial charge < -0.3 is 29.6 Å². The maximum Gasteiger partial charge on any atom is 0.251 e. The Kier molecular flexibility index (Phi) is 11.9. The molecule has 8 heteroatoms. The smallest absolute Gasteiger partial charge is 0.251 e. The zero-order valence-electron chi connectivity index (χ0n) is 14.5. The second-order valence-corrected chi connectivity index (χ2v) is 4.92. The van der Waals surface area contributed by atoms with Crippen LogP contribution in [0.15, 0.2) is 24.3 Å². The average Bonchev–Trinajstić information content (AvgIpc) is 2.64. The molecule has 1 aromatic carbocycles. The van der Waals surface area contributed by atoms with E-state index in [0.717, 1.165) is 0 Å². The van der Waals surface area contributed by atoms with E-state index in [1.54, 1.807) is 31.4 Å². The van der Waals surface area contributed by atoms with Gasteiger partial charge in [-0.05, 0) is 24.3 Å². The molecule has 8 nitrogen and oxygen atoms in total. The monoisotopic (exact) mass is 354 g/mol. The highest BCUT2D eigenvalue weighted by Gasteiger charge is 2.05. The maximum atomic E-state index is 12.0. The summed E-state index contributed by atoms with van der Waals surface area (Å²) in [5.41, 5.74) is 0.560. The Labute approximate surface area is 147 Å². The summed E-state index contributed by atoms with van der Waals surface area (Å²) in [5.74, 6) is 0.531. The number of hydrogen-bond acceptors (Lipinski definition) is 6. The van der Waals surface area contributed by atoms with E-state index in [1.807, 2.05) is 0 Å². The van der Waals surface area contributed by atoms with Crippen molar-refractivity contribution in [1.82, 2.24) is 10.6 Å². The molecule has 0 aliphatic rings. The Morgan fingerprint density at radius 3 is 2.28 bits per heavy atom. The Balaban J connectivity index is 2.07. The molecule has 0 heterocycles. The first-order valence-electron chi connectivity index (χ1n) is 8.10. The van der Waals surface area contributed by atoms with Crippen LogP contribution in [0.4, 0.5) is 0 Å². The van der Waals surface area contributed by atoms with Crippen molar-refractivity contribution in [3.8, 4) is 5.75 Å². The third-order valence-corrected chi connectivity index (χ3v) is 3.05. The Morgan fingerprint density at radius 2 is 1.64 bits per heavy atom. The van der Waals surface area contributed by atoms with Gasteiger partial charge in [0.2, 0.25) is 6.41 Å². The number of carbonyl (C=O) groups is 2. The molecule has 0 aromatic heterocycles. The van der Waals surface area contributed by atoms with Crippen molar-refractivity contribution in [1.29, 1.82) is 0 Å². The van der Waals surface area contributed by atoms with Crippen LogP contribution in [-0.2, 0) is 19.0 Å². The van der Waals surface area contributed by atoms with Gasteiger partial charge in [0.15, 0.2) is 0 Å². The van der Waals surface area contributed by atoms with Gasteiger partial charge in [-0.2, -0.15) is 0 Å². The first kappa shape index (κ1) is 20.9. The van der Waals surface area contributed by atoms with Crippen LogP contribution in [0.3, 0.4) is 0 Å². The van der Waals surface area contributed by atoms with Crippen molar-refractivity contribution in [2.75, 3.05) is 59.8 Å². The molecule has 1 rings (SSSR count). The highest BCUT2D eigenvalue weighted by atomic mass is 16.5. The van der Waals surface area contributed by atoms with Crippen LogP contribution >= 0.6 is 0 Å². The number of hydrogen-bond donors (Lipinski definition) is 2. The molecule has 0 spiro atoms. The van der Waals surface area contributed by atoms with E-state index in [-0.39, 0.29) is 5.91 Å². The number of rotatable bonds is 15. The summed E-state index contributed by atoms with van der Waals surface area (Å²) in [4.78, 5) is 22.0. The van der Waals surface area contributed by atoms with E-state index in [2.05, 4.69) is 10.6 Å². The minimum atomic E-state index is -0.164. The summed E-state index contributed by atoms with van der Waals surface area (Å²) in [6, 6.07) is 6.91. The Morgan fingerprint density at radius 1 is 0.960 bits per heavy atom. The molecule has 140 valence electrons. The minimum Gasteiger partial charge on any atom is -0.491 e. The number of benzene rings is 1. The van der Waals surface area contributed by atoms with Gasteiger partial charge >= 0.3 is 0 Å². The number of ether oxygens (including phenoxy) is 4. The molecule has 1 aromatic rings. The van der Waals surface area contributed by atoms with Crippen LogP contribution in [0.5, 0.6) is 5.75 Å². The molecule has 2 N–H and O–H groups in total. The summed E-state index contributed by atoms with van der Waals surface area (Å²) >= 11 is 0. The van der Waals surface area contributed by atoms with E-state index >= 15 is 0 Å². The first-order valence-corrected chi connectivity index (χ1v) is 8.10. The summed E-state index contributed by atoms with van der Waals surface area (Å²) in [6.45, 7) is 3.61. The SMILES string of the molecule is COCCOc1ccc(C(=O)NCCOCCOCCNC=O)cc1. The lowest BCUT2D eigenvalue weighted by Gasteiger charge is -2.08. The van der Waals surface area contributed by atoms with Gasteiger partial charge in [-0.1, -0.05) is 0 Å². The molecule has 0 aliphatic heterocycles. The summed E-state index contributed by atoms with van der Waals surface area (Å²) in [7, 11) is 1.61. The lowest BCUT2D eigenvalue weighted by atomic mass is 10.2. The molecule has 0 bridgehead atoms. The molecule has 0 saturated carbocycles. The van der Waals surface area contributed by atoms with Gasteiger partial charge in [-0.25, -0.2) is 0 Å². The summed E-state index contributed by atoms with van der Waals surface area (Å²) in [6.07, 6.45) is 0.629. The number of methoxy groups -OCH3 is 1. The van der Waals surface area contributed by atoms with Crippen molar-refractivity contribution in [2.45, 2.75) is 0 Å². The molecular weight excluding hydrogens is 328 g/mol. The van der Waals surface area contributed by atoms with Crippen LogP contribution in [-0.4, -0.2) is 72.2 Å². The van der Waals surface area contributed by atoms with Gasteiger partial charge in [0.05, 0.1) is 33.0 Å². The number of amides is 2. The predicted octanol–water partition coefficient (Wildman–Crippen LogP) is 0.221. The predicted molar refractivity (Wildman–Crippen MR) is 91.9 cm³/mol. The third-order valence-electron chi connectivity index (χ3n) is 3.05. The van der Waals surface area contributed by atoms with E-state index in [9.17, 15) is 9.59 Å². The van der Waals surface area contributed by atoms with Crippen molar-refractivity contribution >= 4 is 12.3 Å². The Bertz CT molecular complexity index is 481. The van der Waals surface area contributed by atoms with Gasteiger partial charge in [0, 0.05) is 25.8 Å². The normalized spacial score (nSPS) is 10.3. The second kappa shape index (κ2) is 14.2. The quantitative estimate of drug-likeness (QED) is 0.346. The van der Waals surface area contributed by atoms with Gasteiger partial charge in [-0.15, -0.1) is 0 Å². The van der Waals surface area contributed by atoms with E-state index in [0.29, 0.717) is 70.5 Å². The average molecular weight is 354 g/mol. The standard InChI is InChI=1S/C17H26N2O6/c1-22-10-13-25-16-4-2-15(3-5-16)17(21)19-7-9-24-12-11-23-8-6-18-14-20/h2-5,14H,6-13H2,1H3,(H,18,20)(H,19,21). The Hall–Kier alpha value is -2.16. The molecule has 2 amide bonds. The van der Waals surface area contributed by atoms with Crippen LogP contribution in [0, 0.1) is 0 Å². The van der Waals surface area contributed by atoms with Gasteiger partial charge in [0.25, 0.3) is 5.91 Å². The fourth-order valence-corrected chi connectivity index (χ4v) is 1.80. The summed E-state index contributed by atoms with van der Waals surface area (Å²) < 4.78 is 20.9. The molecule has 0 aliphatic carbocycles. The van der Waals surface area contributed by atoms with Gasteiger partial charge in [-0.3, -0.25) is 9.59 Å². The zero-order valence-corrected chi connectivity index (χ0v) is 14.5. The molecule has 0 radical (unpaired) electrons. The molecule has 0 atom stereocenters. The molecule has 25 heavy (non-hydrogen) atoms. The second-order valence-electron chi connectivity index (χ2n) is 4.92. The summed E-state index contributed by atoms with van der Waals surface area (Å²) in [5, 5.41) is 5.27. The number of nitrogens with one attached hydrogen (secondary N) is 2. The van der Waals surface area contributed by atoms with Gasteiger partial charge in [0.1, 0.15) is 12.4 Å². The van der Waals surface area contributed by atoms with E-state index < -0.39 is 0 Å². The van der Waals surface area contributed by atoms with Crippen LogP contribution in [0.25, 0.3) is 0 Å². The van der Waals surface area contributed by atoms with Crippen molar-refractivity contribution in [3.05, 3.63) is 29.8 Å². The van der Waals surface area contributed by atoms with Crippen molar-refractivity contribution in [3.63, 3.8) is 0 Å². The molecule has 0 saturated heterocycles. The minimum absolute atomic E-state index is 0.164. The molecule has 0 unspecified atom stereocenters. The lowest BCUT2D eigenvalue weighted by molar-refractivity contribution is -0.109. The third kappa shape index (κ3) is 10.3. The zero-order chi connectivity index (χ0) is 18.2.